The van der Waals surface area contributed by atoms with Gasteiger partial charge in [-0.05, 0) is 55.2 Å². The Kier molecular flexibility index (Phi) is 8.45. The van der Waals surface area contributed by atoms with E-state index >= 15 is 0 Å². The van der Waals surface area contributed by atoms with Gasteiger partial charge in [0.1, 0.15) is 23.3 Å². The van der Waals surface area contributed by atoms with Crippen LogP contribution < -0.4 is 10.2 Å². The molecule has 1 aliphatic heterocycles. The number of anilines is 1. The second-order valence-corrected chi connectivity index (χ2v) is 13.6. The first-order chi connectivity index (χ1) is 19.6. The molecule has 1 aromatic heterocycles. The number of nitrogens with one attached hydrogen (secondary N) is 1. The molecule has 2 fully saturated rings. The van der Waals surface area contributed by atoms with Gasteiger partial charge >= 0.3 is 0 Å². The number of hydrogen-bond donors (Lipinski definition) is 1. The molecular weight excluding hydrogens is 543 g/mol. The zero-order valence-corrected chi connectivity index (χ0v) is 24.2. The lowest BCUT2D eigenvalue weighted by molar-refractivity contribution is -0.127. The fourth-order valence-corrected chi connectivity index (χ4v) is 6.87. The first-order valence-corrected chi connectivity index (χ1v) is 16.0. The van der Waals surface area contributed by atoms with Crippen molar-refractivity contribution < 1.29 is 22.0 Å². The molecule has 8 nitrogen and oxygen atoms in total. The summed E-state index contributed by atoms with van der Waals surface area (Å²) in [7, 11) is -2.98. The third kappa shape index (κ3) is 6.46. The number of aromatic nitrogens is 1. The SMILES string of the molecule is CC(C)C(C#N)NC(=O)[C@@H]1CCCC[C@H]1c1oc(-c2ccc(F)cc2)nc1-c1ccc(N2CCS(=O)(=O)CC2)cc1. The van der Waals surface area contributed by atoms with Crippen LogP contribution in [-0.4, -0.2) is 49.9 Å². The average Bonchev–Trinajstić information content (AvgIpc) is 3.41. The Balaban J connectivity index is 1.50. The van der Waals surface area contributed by atoms with Crippen molar-refractivity contribution in [3.63, 3.8) is 0 Å². The van der Waals surface area contributed by atoms with Crippen molar-refractivity contribution >= 4 is 21.4 Å². The number of benzene rings is 2. The van der Waals surface area contributed by atoms with Gasteiger partial charge in [-0.25, -0.2) is 17.8 Å². The number of nitriles is 1. The van der Waals surface area contributed by atoms with Gasteiger partial charge in [-0.1, -0.05) is 38.8 Å². The summed E-state index contributed by atoms with van der Waals surface area (Å²) in [5.74, 6) is 0.0886. The van der Waals surface area contributed by atoms with Crippen LogP contribution in [0.1, 0.15) is 51.2 Å². The topological polar surface area (TPSA) is 116 Å². The van der Waals surface area contributed by atoms with Gasteiger partial charge in [0.05, 0.1) is 17.6 Å². The molecule has 3 aromatic rings. The summed E-state index contributed by atoms with van der Waals surface area (Å²) in [6.07, 6.45) is 3.25. The molecule has 0 radical (unpaired) electrons. The molecule has 1 saturated carbocycles. The van der Waals surface area contributed by atoms with E-state index in [1.807, 2.05) is 38.1 Å². The number of sulfone groups is 1. The third-order valence-electron chi connectivity index (χ3n) is 8.14. The van der Waals surface area contributed by atoms with Gasteiger partial charge in [0.15, 0.2) is 9.84 Å². The second kappa shape index (κ2) is 12.0. The maximum Gasteiger partial charge on any atom is 0.226 e. The number of rotatable bonds is 7. The van der Waals surface area contributed by atoms with Crippen molar-refractivity contribution in [3.05, 3.63) is 60.1 Å². The predicted molar refractivity (Wildman–Crippen MR) is 155 cm³/mol. The van der Waals surface area contributed by atoms with Gasteiger partial charge in [0.25, 0.3) is 0 Å². The summed E-state index contributed by atoms with van der Waals surface area (Å²) in [6.45, 7) is 4.71. The van der Waals surface area contributed by atoms with Crippen molar-refractivity contribution in [1.82, 2.24) is 10.3 Å². The molecule has 2 heterocycles. The van der Waals surface area contributed by atoms with Crippen LogP contribution in [0.5, 0.6) is 0 Å². The molecule has 10 heteroatoms. The van der Waals surface area contributed by atoms with Gasteiger partial charge in [0, 0.05) is 41.7 Å². The van der Waals surface area contributed by atoms with Crippen LogP contribution in [0.2, 0.25) is 0 Å². The highest BCUT2D eigenvalue weighted by atomic mass is 32.2. The van der Waals surface area contributed by atoms with Crippen LogP contribution in [0.15, 0.2) is 52.9 Å². The predicted octanol–water partition coefficient (Wildman–Crippen LogP) is 5.32. The highest BCUT2D eigenvalue weighted by Gasteiger charge is 2.38. The molecule has 5 rings (SSSR count). The lowest BCUT2D eigenvalue weighted by Gasteiger charge is -2.31. The Bertz CT molecular complexity index is 1510. The Morgan fingerprint density at radius 1 is 1.05 bits per heavy atom. The maximum atomic E-state index is 13.7. The lowest BCUT2D eigenvalue weighted by Crippen LogP contribution is -2.43. The van der Waals surface area contributed by atoms with E-state index in [2.05, 4.69) is 16.3 Å². The van der Waals surface area contributed by atoms with Crippen LogP contribution in [0.4, 0.5) is 10.1 Å². The molecule has 2 aromatic carbocycles. The van der Waals surface area contributed by atoms with E-state index in [1.165, 1.54) is 12.1 Å². The number of carbonyl (C=O) groups is 1. The number of carbonyl (C=O) groups excluding carboxylic acids is 1. The van der Waals surface area contributed by atoms with Crippen LogP contribution in [0, 0.1) is 29.0 Å². The van der Waals surface area contributed by atoms with Crippen LogP contribution in [-0.2, 0) is 14.6 Å². The van der Waals surface area contributed by atoms with Gasteiger partial charge < -0.3 is 14.6 Å². The molecule has 1 amide bonds. The molecule has 0 spiro atoms. The zero-order chi connectivity index (χ0) is 29.1. The van der Waals surface area contributed by atoms with Crippen LogP contribution in [0.3, 0.4) is 0 Å². The molecule has 2 aliphatic rings. The summed E-state index contributed by atoms with van der Waals surface area (Å²) in [5.41, 5.74) is 3.00. The molecule has 1 saturated heterocycles. The molecule has 216 valence electrons. The third-order valence-corrected chi connectivity index (χ3v) is 9.75. The fraction of sp³-hybridized carbons (Fsp3) is 0.452. The number of halogens is 1. The van der Waals surface area contributed by atoms with Gasteiger partial charge in [-0.3, -0.25) is 4.79 Å². The number of amides is 1. The standard InChI is InChI=1S/C31H35FN4O4S/c1-20(2)27(19-33)34-30(37)26-6-4-3-5-25(26)29-28(35-31(40-29)22-7-11-23(32)12-8-22)21-9-13-24(14-10-21)36-15-17-41(38,39)18-16-36/h7-14,20,25-27H,3-6,15-18H2,1-2H3,(H,34,37)/t25-,26-,27?/m1/s1. The minimum Gasteiger partial charge on any atom is -0.440 e. The van der Waals surface area contributed by atoms with E-state index in [0.717, 1.165) is 30.5 Å². The Hall–Kier alpha value is -3.71. The van der Waals surface area contributed by atoms with Crippen LogP contribution >= 0.6 is 0 Å². The van der Waals surface area contributed by atoms with E-state index < -0.39 is 15.9 Å². The molecule has 41 heavy (non-hydrogen) atoms. The smallest absolute Gasteiger partial charge is 0.226 e. The molecule has 1 N–H and O–H groups in total. The summed E-state index contributed by atoms with van der Waals surface area (Å²) in [6, 6.07) is 15.4. The maximum absolute atomic E-state index is 13.7. The van der Waals surface area contributed by atoms with E-state index in [9.17, 15) is 22.9 Å². The quantitative estimate of drug-likeness (QED) is 0.403. The normalized spacial score (nSPS) is 21.3. The van der Waals surface area contributed by atoms with E-state index in [4.69, 9.17) is 9.40 Å². The van der Waals surface area contributed by atoms with E-state index in [1.54, 1.807) is 12.1 Å². The molecule has 3 atom stereocenters. The Morgan fingerprint density at radius 3 is 2.32 bits per heavy atom. The average molecular weight is 579 g/mol. The summed E-state index contributed by atoms with van der Waals surface area (Å²) in [4.78, 5) is 20.4. The van der Waals surface area contributed by atoms with Crippen molar-refractivity contribution in [2.45, 2.75) is 51.5 Å². The minimum absolute atomic E-state index is 0.0181. The van der Waals surface area contributed by atoms with Crippen molar-refractivity contribution in [2.75, 3.05) is 29.5 Å². The molecule has 0 bridgehead atoms. The number of hydrogen-bond acceptors (Lipinski definition) is 7. The van der Waals surface area contributed by atoms with Gasteiger partial charge in [-0.15, -0.1) is 0 Å². The zero-order valence-electron chi connectivity index (χ0n) is 23.3. The van der Waals surface area contributed by atoms with Crippen LogP contribution in [0.25, 0.3) is 22.7 Å². The molecule has 1 aliphatic carbocycles. The second-order valence-electron chi connectivity index (χ2n) is 11.3. The van der Waals surface area contributed by atoms with Gasteiger partial charge in [-0.2, -0.15) is 5.26 Å². The summed E-state index contributed by atoms with van der Waals surface area (Å²) in [5, 5.41) is 12.5. The molecular formula is C31H35FN4O4S. The Morgan fingerprint density at radius 2 is 1.68 bits per heavy atom. The largest absolute Gasteiger partial charge is 0.440 e. The highest BCUT2D eigenvalue weighted by molar-refractivity contribution is 7.91. The minimum atomic E-state index is -2.98. The van der Waals surface area contributed by atoms with E-state index in [0.29, 0.717) is 42.4 Å². The fourth-order valence-electron chi connectivity index (χ4n) is 5.67. The first-order valence-electron chi connectivity index (χ1n) is 14.2. The monoisotopic (exact) mass is 578 g/mol. The molecule has 1 unspecified atom stereocenters. The Labute approximate surface area is 240 Å². The van der Waals surface area contributed by atoms with Gasteiger partial charge in [0.2, 0.25) is 11.8 Å². The number of nitrogens with zero attached hydrogens (tertiary/aromatic N) is 3. The highest BCUT2D eigenvalue weighted by Crippen LogP contribution is 2.44. The lowest BCUT2D eigenvalue weighted by atomic mass is 9.76. The van der Waals surface area contributed by atoms with E-state index in [-0.39, 0.29) is 41.0 Å². The van der Waals surface area contributed by atoms with Crippen molar-refractivity contribution in [1.29, 1.82) is 5.26 Å². The summed E-state index contributed by atoms with van der Waals surface area (Å²) < 4.78 is 43.8. The number of oxazole rings is 1. The van der Waals surface area contributed by atoms with Crippen molar-refractivity contribution in [2.24, 2.45) is 11.8 Å². The summed E-state index contributed by atoms with van der Waals surface area (Å²) >= 11 is 0. The van der Waals surface area contributed by atoms with Crippen molar-refractivity contribution in [3.8, 4) is 28.8 Å². The first kappa shape index (κ1) is 28.8.